The van der Waals surface area contributed by atoms with E-state index in [1.165, 1.54) is 4.88 Å². The summed E-state index contributed by atoms with van der Waals surface area (Å²) in [6, 6.07) is 7.34. The maximum Gasteiger partial charge on any atom is 0.274 e. The Bertz CT molecular complexity index is 542. The van der Waals surface area contributed by atoms with Crippen LogP contribution in [-0.2, 0) is 6.42 Å². The van der Waals surface area contributed by atoms with Crippen molar-refractivity contribution in [1.82, 2.24) is 15.1 Å². The topological polar surface area (TPSA) is 46.1 Å². The Hall–Kier alpha value is -1.46. The Morgan fingerprint density at radius 3 is 2.79 bits per heavy atom. The van der Waals surface area contributed by atoms with Crippen LogP contribution in [0.25, 0.3) is 0 Å². The van der Waals surface area contributed by atoms with Crippen molar-refractivity contribution in [3.63, 3.8) is 0 Å². The minimum absolute atomic E-state index is 0.101. The van der Waals surface area contributed by atoms with Crippen LogP contribution in [0.3, 0.4) is 0 Å². The number of amides is 1. The second-order valence-electron chi connectivity index (χ2n) is 4.29. The van der Waals surface area contributed by atoms with Crippen LogP contribution in [0.1, 0.15) is 22.3 Å². The number of rotatable bonds is 4. The third-order valence-corrected chi connectivity index (χ3v) is 4.01. The number of hydrogen-bond acceptors (Lipinski definition) is 4. The average Bonchev–Trinajstić information content (AvgIpc) is 2.90. The smallest absolute Gasteiger partial charge is 0.274 e. The van der Waals surface area contributed by atoms with Gasteiger partial charge >= 0.3 is 0 Å². The van der Waals surface area contributed by atoms with E-state index < -0.39 is 0 Å². The van der Waals surface area contributed by atoms with Crippen LogP contribution >= 0.6 is 22.9 Å². The highest BCUT2D eigenvalue weighted by atomic mass is 35.5. The molecule has 100 valence electrons. The summed E-state index contributed by atoms with van der Waals surface area (Å²) < 4.78 is 0. The minimum atomic E-state index is -0.145. The SMILES string of the molecule is CC(Cc1cccs1)N(C)C(=O)c1ccc(Cl)nn1. The van der Waals surface area contributed by atoms with Crippen molar-refractivity contribution in [3.8, 4) is 0 Å². The van der Waals surface area contributed by atoms with Crippen LogP contribution in [0, 0.1) is 0 Å². The van der Waals surface area contributed by atoms with Gasteiger partial charge in [0, 0.05) is 24.4 Å². The molecule has 6 heteroatoms. The number of nitrogens with zero attached hydrogens (tertiary/aromatic N) is 3. The highest BCUT2D eigenvalue weighted by Gasteiger charge is 2.19. The lowest BCUT2D eigenvalue weighted by Gasteiger charge is -2.24. The third kappa shape index (κ3) is 3.52. The normalized spacial score (nSPS) is 12.2. The standard InChI is InChI=1S/C13H14ClN3OS/c1-9(8-10-4-3-7-19-10)17(2)13(18)11-5-6-12(14)16-15-11/h3-7,9H,8H2,1-2H3. The first-order valence-corrected chi connectivity index (χ1v) is 7.12. The van der Waals surface area contributed by atoms with Gasteiger partial charge in [-0.2, -0.15) is 0 Å². The van der Waals surface area contributed by atoms with Crippen LogP contribution in [0.5, 0.6) is 0 Å². The lowest BCUT2D eigenvalue weighted by atomic mass is 10.1. The molecule has 0 saturated heterocycles. The van der Waals surface area contributed by atoms with E-state index in [4.69, 9.17) is 11.6 Å². The molecule has 0 radical (unpaired) electrons. The molecular weight excluding hydrogens is 282 g/mol. The highest BCUT2D eigenvalue weighted by molar-refractivity contribution is 7.09. The number of carbonyl (C=O) groups is 1. The van der Waals surface area contributed by atoms with Crippen molar-refractivity contribution in [2.24, 2.45) is 0 Å². The zero-order valence-electron chi connectivity index (χ0n) is 10.7. The molecule has 0 N–H and O–H groups in total. The molecule has 2 aromatic rings. The molecular formula is C13H14ClN3OS. The minimum Gasteiger partial charge on any atom is -0.337 e. The first kappa shape index (κ1) is 14.0. The molecule has 0 bridgehead atoms. The fraction of sp³-hybridized carbons (Fsp3) is 0.308. The zero-order chi connectivity index (χ0) is 13.8. The Morgan fingerprint density at radius 2 is 2.21 bits per heavy atom. The van der Waals surface area contributed by atoms with E-state index in [1.807, 2.05) is 18.4 Å². The van der Waals surface area contributed by atoms with Gasteiger partial charge in [0.25, 0.3) is 5.91 Å². The molecule has 2 heterocycles. The number of hydrogen-bond donors (Lipinski definition) is 0. The summed E-state index contributed by atoms with van der Waals surface area (Å²) in [4.78, 5) is 15.1. The molecule has 1 atom stereocenters. The molecule has 1 amide bonds. The molecule has 0 aromatic carbocycles. The van der Waals surface area contributed by atoms with Crippen molar-refractivity contribution in [1.29, 1.82) is 0 Å². The summed E-state index contributed by atoms with van der Waals surface area (Å²) >= 11 is 7.35. The number of halogens is 1. The van der Waals surface area contributed by atoms with Crippen molar-refractivity contribution in [3.05, 3.63) is 45.4 Å². The molecule has 0 saturated carbocycles. The van der Waals surface area contributed by atoms with E-state index in [0.717, 1.165) is 6.42 Å². The van der Waals surface area contributed by atoms with E-state index in [1.54, 1.807) is 35.4 Å². The van der Waals surface area contributed by atoms with E-state index in [-0.39, 0.29) is 17.1 Å². The molecule has 0 aliphatic rings. The predicted molar refractivity (Wildman–Crippen MR) is 76.6 cm³/mol. The molecule has 4 nitrogen and oxygen atoms in total. The molecule has 0 aliphatic heterocycles. The molecule has 0 fully saturated rings. The van der Waals surface area contributed by atoms with Crippen LogP contribution < -0.4 is 0 Å². The van der Waals surface area contributed by atoms with Gasteiger partial charge in [-0.1, -0.05) is 17.7 Å². The molecule has 0 spiro atoms. The second-order valence-corrected chi connectivity index (χ2v) is 5.71. The van der Waals surface area contributed by atoms with Crippen LogP contribution in [0.4, 0.5) is 0 Å². The molecule has 19 heavy (non-hydrogen) atoms. The average molecular weight is 296 g/mol. The maximum atomic E-state index is 12.2. The number of likely N-dealkylation sites (N-methyl/N-ethyl adjacent to an activating group) is 1. The fourth-order valence-electron chi connectivity index (χ4n) is 1.67. The van der Waals surface area contributed by atoms with Gasteiger partial charge in [0.1, 0.15) is 0 Å². The molecule has 1 unspecified atom stereocenters. The number of aromatic nitrogens is 2. The Morgan fingerprint density at radius 1 is 1.42 bits per heavy atom. The van der Waals surface area contributed by atoms with Crippen molar-refractivity contribution in [2.75, 3.05) is 7.05 Å². The van der Waals surface area contributed by atoms with Crippen LogP contribution in [0.2, 0.25) is 5.15 Å². The van der Waals surface area contributed by atoms with Gasteiger partial charge in [-0.05, 0) is 30.5 Å². The predicted octanol–water partition coefficient (Wildman–Crippen LogP) is 2.89. The molecule has 2 rings (SSSR count). The third-order valence-electron chi connectivity index (χ3n) is 2.91. The maximum absolute atomic E-state index is 12.2. The van der Waals surface area contributed by atoms with Crippen LogP contribution in [-0.4, -0.2) is 34.1 Å². The monoisotopic (exact) mass is 295 g/mol. The fourth-order valence-corrected chi connectivity index (χ4v) is 2.60. The summed E-state index contributed by atoms with van der Waals surface area (Å²) in [5, 5.41) is 9.82. The van der Waals surface area contributed by atoms with E-state index in [2.05, 4.69) is 16.3 Å². The quantitative estimate of drug-likeness (QED) is 0.871. The van der Waals surface area contributed by atoms with Gasteiger partial charge in [-0.15, -0.1) is 21.5 Å². The van der Waals surface area contributed by atoms with Gasteiger partial charge in [-0.3, -0.25) is 4.79 Å². The van der Waals surface area contributed by atoms with Gasteiger partial charge in [0.15, 0.2) is 10.8 Å². The first-order valence-electron chi connectivity index (χ1n) is 5.86. The Labute approximate surface area is 121 Å². The van der Waals surface area contributed by atoms with Gasteiger partial charge in [0.2, 0.25) is 0 Å². The van der Waals surface area contributed by atoms with Crippen molar-refractivity contribution in [2.45, 2.75) is 19.4 Å². The molecule has 0 aliphatic carbocycles. The van der Waals surface area contributed by atoms with E-state index >= 15 is 0 Å². The number of thiophene rings is 1. The summed E-state index contributed by atoms with van der Waals surface area (Å²) in [5.74, 6) is -0.145. The van der Waals surface area contributed by atoms with Crippen LogP contribution in [0.15, 0.2) is 29.6 Å². The zero-order valence-corrected chi connectivity index (χ0v) is 12.3. The summed E-state index contributed by atoms with van der Waals surface area (Å²) in [6.45, 7) is 2.01. The Balaban J connectivity index is 2.04. The number of carbonyl (C=O) groups excluding carboxylic acids is 1. The first-order chi connectivity index (χ1) is 9.08. The van der Waals surface area contributed by atoms with E-state index in [0.29, 0.717) is 5.69 Å². The largest absolute Gasteiger partial charge is 0.337 e. The van der Waals surface area contributed by atoms with Gasteiger partial charge in [-0.25, -0.2) is 0 Å². The van der Waals surface area contributed by atoms with E-state index in [9.17, 15) is 4.79 Å². The highest BCUT2D eigenvalue weighted by Crippen LogP contribution is 2.15. The summed E-state index contributed by atoms with van der Waals surface area (Å²) in [5.41, 5.74) is 0.310. The summed E-state index contributed by atoms with van der Waals surface area (Å²) in [6.07, 6.45) is 0.834. The molecule has 2 aromatic heterocycles. The van der Waals surface area contributed by atoms with Gasteiger partial charge in [0.05, 0.1) is 0 Å². The Kier molecular flexibility index (Phi) is 4.50. The van der Waals surface area contributed by atoms with Gasteiger partial charge < -0.3 is 4.90 Å². The lowest BCUT2D eigenvalue weighted by molar-refractivity contribution is 0.0737. The van der Waals surface area contributed by atoms with Crippen molar-refractivity contribution < 1.29 is 4.79 Å². The second kappa shape index (κ2) is 6.12. The summed E-state index contributed by atoms with van der Waals surface area (Å²) in [7, 11) is 1.77. The lowest BCUT2D eigenvalue weighted by Crippen LogP contribution is -2.36. The van der Waals surface area contributed by atoms with Crippen molar-refractivity contribution >= 4 is 28.8 Å².